The molecule has 0 amide bonds. The number of halogens is 1. The number of hydrogen-bond donors (Lipinski definition) is 2. The van der Waals surface area contributed by atoms with Gasteiger partial charge in [-0.15, -0.1) is 0 Å². The van der Waals surface area contributed by atoms with E-state index in [1.54, 1.807) is 18.2 Å². The fourth-order valence-electron chi connectivity index (χ4n) is 1.48. The van der Waals surface area contributed by atoms with E-state index in [4.69, 9.17) is 5.11 Å². The highest BCUT2D eigenvalue weighted by Crippen LogP contribution is 2.07. The lowest BCUT2D eigenvalue weighted by Crippen LogP contribution is -2.20. The quantitative estimate of drug-likeness (QED) is 0.809. The van der Waals surface area contributed by atoms with Crippen LogP contribution in [-0.2, 0) is 13.2 Å². The van der Waals surface area contributed by atoms with E-state index in [2.05, 4.69) is 5.10 Å². The minimum atomic E-state index is -0.352. The molecule has 0 fully saturated rings. The molecule has 1 heterocycles. The topological polar surface area (TPSA) is 58.0 Å². The van der Waals surface area contributed by atoms with Gasteiger partial charge in [-0.2, -0.15) is 0 Å². The maximum atomic E-state index is 13.3. The molecule has 1 aromatic heterocycles. The van der Waals surface area contributed by atoms with Crippen molar-refractivity contribution in [2.75, 3.05) is 0 Å². The molecule has 0 saturated heterocycles. The highest BCUT2D eigenvalue weighted by atomic mass is 19.1. The first kappa shape index (κ1) is 10.6. The summed E-state index contributed by atoms with van der Waals surface area (Å²) in [5.41, 5.74) is 0.373. The van der Waals surface area contributed by atoms with Gasteiger partial charge in [-0.3, -0.25) is 4.79 Å². The molecule has 0 atom stereocenters. The summed E-state index contributed by atoms with van der Waals surface area (Å²) in [6.45, 7) is -0.189. The lowest BCUT2D eigenvalue weighted by Gasteiger charge is -2.02. The van der Waals surface area contributed by atoms with Crippen LogP contribution in [0.5, 0.6) is 0 Å². The van der Waals surface area contributed by atoms with Gasteiger partial charge in [0.2, 0.25) is 0 Å². The van der Waals surface area contributed by atoms with Crippen molar-refractivity contribution < 1.29 is 9.50 Å². The molecule has 1 aromatic carbocycles. The predicted octanol–water partition coefficient (Wildman–Crippen LogP) is 0.856. The number of aliphatic hydroxyl groups is 1. The molecule has 2 N–H and O–H groups in total. The summed E-state index contributed by atoms with van der Waals surface area (Å²) in [5, 5.41) is 11.5. The van der Waals surface area contributed by atoms with E-state index in [0.717, 1.165) is 0 Å². The number of nitrogens with one attached hydrogen (secondary N) is 1. The Bertz CT molecular complexity index is 545. The molecule has 2 aromatic rings. The van der Waals surface area contributed by atoms with Crippen molar-refractivity contribution in [3.8, 4) is 0 Å². The van der Waals surface area contributed by atoms with E-state index in [-0.39, 0.29) is 30.1 Å². The number of aromatic nitrogens is 2. The zero-order valence-electron chi connectivity index (χ0n) is 8.48. The van der Waals surface area contributed by atoms with Crippen molar-refractivity contribution in [2.24, 2.45) is 0 Å². The molecule has 0 radical (unpaired) electrons. The summed E-state index contributed by atoms with van der Waals surface area (Å²) in [4.78, 5) is 11.6. The van der Waals surface area contributed by atoms with Crippen molar-refractivity contribution in [1.29, 1.82) is 0 Å². The smallest absolute Gasteiger partial charge is 0.272 e. The third-order valence-corrected chi connectivity index (χ3v) is 2.37. The van der Waals surface area contributed by atoms with Crippen LogP contribution in [0.25, 0.3) is 0 Å². The minimum absolute atomic E-state index is 0.130. The van der Waals surface area contributed by atoms with E-state index in [1.807, 2.05) is 0 Å². The summed E-state index contributed by atoms with van der Waals surface area (Å²) in [6.07, 6.45) is 1.42. The molecule has 0 aliphatic heterocycles. The average Bonchev–Trinajstić information content (AvgIpc) is 2.63. The van der Waals surface area contributed by atoms with Crippen LogP contribution in [0.3, 0.4) is 0 Å². The molecule has 0 spiro atoms. The van der Waals surface area contributed by atoms with E-state index in [1.165, 1.54) is 16.9 Å². The summed E-state index contributed by atoms with van der Waals surface area (Å²) in [5.74, 6) is -0.352. The second-order valence-corrected chi connectivity index (χ2v) is 3.44. The Morgan fingerprint density at radius 3 is 2.69 bits per heavy atom. The monoisotopic (exact) mass is 222 g/mol. The standard InChI is InChI=1S/C11H11FN2O2/c12-10-4-2-1-3-8(10)6-14-11(16)9(7-15)5-13-14/h1-5,13,15H,6-7H2. The molecule has 0 aliphatic carbocycles. The molecule has 16 heavy (non-hydrogen) atoms. The van der Waals surface area contributed by atoms with E-state index in [0.29, 0.717) is 5.56 Å². The zero-order chi connectivity index (χ0) is 11.5. The van der Waals surface area contributed by atoms with Crippen molar-refractivity contribution in [2.45, 2.75) is 13.2 Å². The van der Waals surface area contributed by atoms with Crippen LogP contribution < -0.4 is 5.56 Å². The number of hydrogen-bond acceptors (Lipinski definition) is 2. The predicted molar refractivity (Wildman–Crippen MR) is 56.5 cm³/mol. The van der Waals surface area contributed by atoms with Crippen molar-refractivity contribution >= 4 is 0 Å². The Balaban J connectivity index is 2.31. The van der Waals surface area contributed by atoms with Gasteiger partial charge >= 0.3 is 0 Å². The molecule has 84 valence electrons. The number of aliphatic hydroxyl groups excluding tert-OH is 1. The number of rotatable bonds is 3. The van der Waals surface area contributed by atoms with Gasteiger partial charge < -0.3 is 10.2 Å². The number of benzene rings is 1. The fourth-order valence-corrected chi connectivity index (χ4v) is 1.48. The number of H-pyrrole nitrogens is 1. The summed E-state index contributed by atoms with van der Waals surface area (Å²) in [7, 11) is 0. The van der Waals surface area contributed by atoms with Gasteiger partial charge in [-0.1, -0.05) is 18.2 Å². The molecular formula is C11H11FN2O2. The maximum absolute atomic E-state index is 13.3. The number of aromatic amines is 1. The summed E-state index contributed by atoms with van der Waals surface area (Å²) < 4.78 is 14.6. The summed E-state index contributed by atoms with van der Waals surface area (Å²) in [6, 6.07) is 6.26. The van der Waals surface area contributed by atoms with E-state index >= 15 is 0 Å². The second-order valence-electron chi connectivity index (χ2n) is 3.44. The highest BCUT2D eigenvalue weighted by molar-refractivity contribution is 5.17. The third kappa shape index (κ3) is 1.90. The van der Waals surface area contributed by atoms with Gasteiger partial charge in [0.15, 0.2) is 0 Å². The second kappa shape index (κ2) is 4.32. The Morgan fingerprint density at radius 2 is 2.06 bits per heavy atom. The maximum Gasteiger partial charge on any atom is 0.272 e. The first-order valence-electron chi connectivity index (χ1n) is 4.83. The normalized spacial score (nSPS) is 10.6. The van der Waals surface area contributed by atoms with Gasteiger partial charge in [-0.05, 0) is 6.07 Å². The Kier molecular flexibility index (Phi) is 2.87. The van der Waals surface area contributed by atoms with Crippen LogP contribution in [0, 0.1) is 5.82 Å². The first-order valence-corrected chi connectivity index (χ1v) is 4.83. The Labute approximate surface area is 90.9 Å². The van der Waals surface area contributed by atoms with Gasteiger partial charge in [-0.25, -0.2) is 9.07 Å². The minimum Gasteiger partial charge on any atom is -0.391 e. The Hall–Kier alpha value is -1.88. The molecular weight excluding hydrogens is 211 g/mol. The molecule has 4 nitrogen and oxygen atoms in total. The zero-order valence-corrected chi connectivity index (χ0v) is 8.48. The van der Waals surface area contributed by atoms with Crippen LogP contribution in [0.15, 0.2) is 35.3 Å². The fraction of sp³-hybridized carbons (Fsp3) is 0.182. The van der Waals surface area contributed by atoms with Crippen molar-refractivity contribution in [3.63, 3.8) is 0 Å². The van der Waals surface area contributed by atoms with Gasteiger partial charge in [0.1, 0.15) is 5.82 Å². The third-order valence-electron chi connectivity index (χ3n) is 2.37. The van der Waals surface area contributed by atoms with E-state index in [9.17, 15) is 9.18 Å². The molecule has 5 heteroatoms. The van der Waals surface area contributed by atoms with Crippen LogP contribution >= 0.6 is 0 Å². The highest BCUT2D eigenvalue weighted by Gasteiger charge is 2.07. The lowest BCUT2D eigenvalue weighted by atomic mass is 10.2. The average molecular weight is 222 g/mol. The molecule has 0 unspecified atom stereocenters. The number of nitrogens with zero attached hydrogens (tertiary/aromatic N) is 1. The van der Waals surface area contributed by atoms with Gasteiger partial charge in [0.05, 0.1) is 18.7 Å². The largest absolute Gasteiger partial charge is 0.391 e. The van der Waals surface area contributed by atoms with Crippen molar-refractivity contribution in [3.05, 3.63) is 57.8 Å². The van der Waals surface area contributed by atoms with Gasteiger partial charge in [0.25, 0.3) is 5.56 Å². The molecule has 2 rings (SSSR count). The summed E-state index contributed by atoms with van der Waals surface area (Å²) >= 11 is 0. The molecule has 0 saturated carbocycles. The van der Waals surface area contributed by atoms with Crippen LogP contribution in [0.4, 0.5) is 4.39 Å². The van der Waals surface area contributed by atoms with Crippen LogP contribution in [0.2, 0.25) is 0 Å². The molecule has 0 bridgehead atoms. The lowest BCUT2D eigenvalue weighted by molar-refractivity contribution is 0.280. The van der Waals surface area contributed by atoms with Crippen LogP contribution in [-0.4, -0.2) is 14.9 Å². The molecule has 0 aliphatic rings. The van der Waals surface area contributed by atoms with Crippen molar-refractivity contribution in [1.82, 2.24) is 9.78 Å². The van der Waals surface area contributed by atoms with E-state index < -0.39 is 0 Å². The van der Waals surface area contributed by atoms with Gasteiger partial charge in [0, 0.05) is 11.8 Å². The van der Waals surface area contributed by atoms with Crippen LogP contribution in [0.1, 0.15) is 11.1 Å². The SMILES string of the molecule is O=c1c(CO)c[nH]n1Cc1ccccc1F. The Morgan fingerprint density at radius 1 is 1.31 bits per heavy atom. The first-order chi connectivity index (χ1) is 7.72.